The molecule has 0 unspecified atom stereocenters. The van der Waals surface area contributed by atoms with Crippen LogP contribution in [0.1, 0.15) is 0 Å². The van der Waals surface area contributed by atoms with Crippen LogP contribution in [0.15, 0.2) is 42.6 Å². The number of nitrogens with zero attached hydrogens (tertiary/aromatic N) is 2. The van der Waals surface area contributed by atoms with E-state index in [0.29, 0.717) is 5.02 Å². The van der Waals surface area contributed by atoms with E-state index in [2.05, 4.69) is 4.98 Å². The van der Waals surface area contributed by atoms with Gasteiger partial charge in [-0.15, -0.1) is 0 Å². The summed E-state index contributed by atoms with van der Waals surface area (Å²) in [6.45, 7) is 0. The molecule has 4 heteroatoms. The first-order valence-corrected chi connectivity index (χ1v) is 5.16. The van der Waals surface area contributed by atoms with Crippen molar-refractivity contribution in [2.75, 3.05) is 11.9 Å². The molecule has 1 aromatic carbocycles. The average Bonchev–Trinajstić information content (AvgIpc) is 2.29. The monoisotopic (exact) mass is 236 g/mol. The smallest absolute Gasteiger partial charge is 0.169 e. The van der Waals surface area contributed by atoms with E-state index < -0.39 is 5.82 Å². The standard InChI is InChI=1S/C12H10ClFN2/c1-16(10-5-3-2-4-6-10)12-11(14)7-9(13)8-15-12/h2-8H,1H3. The van der Waals surface area contributed by atoms with Crippen LogP contribution < -0.4 is 4.90 Å². The lowest BCUT2D eigenvalue weighted by molar-refractivity contribution is 0.621. The maximum absolute atomic E-state index is 13.6. The van der Waals surface area contributed by atoms with Gasteiger partial charge in [0, 0.05) is 18.9 Å². The van der Waals surface area contributed by atoms with Gasteiger partial charge in [0.25, 0.3) is 0 Å². The quantitative estimate of drug-likeness (QED) is 0.791. The van der Waals surface area contributed by atoms with Crippen LogP contribution in [-0.4, -0.2) is 12.0 Å². The molecule has 1 aromatic heterocycles. The lowest BCUT2D eigenvalue weighted by atomic mass is 10.3. The van der Waals surface area contributed by atoms with Gasteiger partial charge in [0.1, 0.15) is 0 Å². The molecule has 2 aromatic rings. The van der Waals surface area contributed by atoms with Crippen LogP contribution in [0.3, 0.4) is 0 Å². The van der Waals surface area contributed by atoms with E-state index in [1.807, 2.05) is 30.3 Å². The number of halogens is 2. The molecule has 2 rings (SSSR count). The zero-order valence-corrected chi connectivity index (χ0v) is 9.45. The molecule has 0 spiro atoms. The molecule has 1 heterocycles. The number of pyridine rings is 1. The van der Waals surface area contributed by atoms with Crippen molar-refractivity contribution in [2.24, 2.45) is 0 Å². The fourth-order valence-electron chi connectivity index (χ4n) is 1.43. The molecular formula is C12H10ClFN2. The number of rotatable bonds is 2. The first-order chi connectivity index (χ1) is 7.68. The molecule has 16 heavy (non-hydrogen) atoms. The second-order valence-corrected chi connectivity index (χ2v) is 3.79. The minimum atomic E-state index is -0.432. The lowest BCUT2D eigenvalue weighted by Gasteiger charge is -2.18. The summed E-state index contributed by atoms with van der Waals surface area (Å²) in [6.07, 6.45) is 1.43. The van der Waals surface area contributed by atoms with E-state index in [1.165, 1.54) is 12.3 Å². The van der Waals surface area contributed by atoms with Crippen molar-refractivity contribution in [1.82, 2.24) is 4.98 Å². The number of benzene rings is 1. The van der Waals surface area contributed by atoms with E-state index >= 15 is 0 Å². The van der Waals surface area contributed by atoms with Crippen LogP contribution in [0.5, 0.6) is 0 Å². The van der Waals surface area contributed by atoms with Crippen LogP contribution in [0.25, 0.3) is 0 Å². The highest BCUT2D eigenvalue weighted by Crippen LogP contribution is 2.25. The molecule has 0 fully saturated rings. The number of hydrogen-bond acceptors (Lipinski definition) is 2. The zero-order chi connectivity index (χ0) is 11.5. The Balaban J connectivity index is 2.38. The summed E-state index contributed by atoms with van der Waals surface area (Å²) in [5, 5.41) is 0.294. The summed E-state index contributed by atoms with van der Waals surface area (Å²) in [5.41, 5.74) is 0.872. The maximum Gasteiger partial charge on any atom is 0.169 e. The van der Waals surface area contributed by atoms with Gasteiger partial charge in [0.05, 0.1) is 5.02 Å². The first-order valence-electron chi connectivity index (χ1n) is 4.78. The molecule has 0 N–H and O–H groups in total. The Kier molecular flexibility index (Phi) is 3.06. The van der Waals surface area contributed by atoms with Crippen molar-refractivity contribution in [1.29, 1.82) is 0 Å². The van der Waals surface area contributed by atoms with E-state index in [4.69, 9.17) is 11.6 Å². The van der Waals surface area contributed by atoms with E-state index in [9.17, 15) is 4.39 Å². The fraction of sp³-hybridized carbons (Fsp3) is 0.0833. The fourth-order valence-corrected chi connectivity index (χ4v) is 1.57. The minimum absolute atomic E-state index is 0.260. The second kappa shape index (κ2) is 4.49. The van der Waals surface area contributed by atoms with Crippen molar-refractivity contribution in [2.45, 2.75) is 0 Å². The van der Waals surface area contributed by atoms with Crippen LogP contribution in [0, 0.1) is 5.82 Å². The number of hydrogen-bond donors (Lipinski definition) is 0. The van der Waals surface area contributed by atoms with Crippen molar-refractivity contribution in [3.63, 3.8) is 0 Å². The van der Waals surface area contributed by atoms with E-state index in [0.717, 1.165) is 5.69 Å². The van der Waals surface area contributed by atoms with Gasteiger partial charge in [0.15, 0.2) is 11.6 Å². The molecule has 0 saturated carbocycles. The first kappa shape index (κ1) is 10.9. The number of aromatic nitrogens is 1. The Morgan fingerprint density at radius 1 is 1.25 bits per heavy atom. The van der Waals surface area contributed by atoms with Gasteiger partial charge >= 0.3 is 0 Å². The predicted octanol–water partition coefficient (Wildman–Crippen LogP) is 3.64. The van der Waals surface area contributed by atoms with Gasteiger partial charge in [-0.3, -0.25) is 0 Å². The molecule has 0 saturated heterocycles. The molecule has 82 valence electrons. The van der Waals surface area contributed by atoms with Crippen LogP contribution in [0.4, 0.5) is 15.9 Å². The summed E-state index contributed by atoms with van der Waals surface area (Å²) in [4.78, 5) is 5.65. The second-order valence-electron chi connectivity index (χ2n) is 3.35. The summed E-state index contributed by atoms with van der Waals surface area (Å²) < 4.78 is 13.6. The molecule has 0 atom stereocenters. The third-order valence-electron chi connectivity index (χ3n) is 2.25. The SMILES string of the molecule is CN(c1ccccc1)c1ncc(Cl)cc1F. The number of para-hydroxylation sites is 1. The van der Waals surface area contributed by atoms with Gasteiger partial charge in [-0.1, -0.05) is 29.8 Å². The van der Waals surface area contributed by atoms with Crippen molar-refractivity contribution in [3.05, 3.63) is 53.4 Å². The van der Waals surface area contributed by atoms with Crippen LogP contribution in [0.2, 0.25) is 5.02 Å². The molecule has 0 aliphatic rings. The minimum Gasteiger partial charge on any atom is -0.327 e. The zero-order valence-electron chi connectivity index (χ0n) is 8.69. The molecule has 0 bridgehead atoms. The summed E-state index contributed by atoms with van der Waals surface area (Å²) in [7, 11) is 1.76. The highest BCUT2D eigenvalue weighted by Gasteiger charge is 2.10. The normalized spacial score (nSPS) is 10.2. The summed E-state index contributed by atoms with van der Waals surface area (Å²) in [5.74, 6) is -0.172. The van der Waals surface area contributed by atoms with Crippen molar-refractivity contribution >= 4 is 23.1 Å². The highest BCUT2D eigenvalue weighted by atomic mass is 35.5. The van der Waals surface area contributed by atoms with E-state index in [1.54, 1.807) is 11.9 Å². The Morgan fingerprint density at radius 3 is 2.56 bits per heavy atom. The maximum atomic E-state index is 13.6. The van der Waals surface area contributed by atoms with Crippen LogP contribution in [-0.2, 0) is 0 Å². The highest BCUT2D eigenvalue weighted by molar-refractivity contribution is 6.30. The Hall–Kier alpha value is -1.61. The van der Waals surface area contributed by atoms with Gasteiger partial charge in [0.2, 0.25) is 0 Å². The van der Waals surface area contributed by atoms with Gasteiger partial charge < -0.3 is 4.90 Å². The Bertz CT molecular complexity index is 488. The molecular weight excluding hydrogens is 227 g/mol. The van der Waals surface area contributed by atoms with E-state index in [-0.39, 0.29) is 5.82 Å². The largest absolute Gasteiger partial charge is 0.327 e. The molecule has 0 aliphatic carbocycles. The van der Waals surface area contributed by atoms with Gasteiger partial charge in [-0.05, 0) is 18.2 Å². The van der Waals surface area contributed by atoms with Crippen LogP contribution >= 0.6 is 11.6 Å². The third kappa shape index (κ3) is 2.14. The lowest BCUT2D eigenvalue weighted by Crippen LogP contribution is -2.12. The molecule has 0 aliphatic heterocycles. The Labute approximate surface area is 98.3 Å². The summed E-state index contributed by atoms with van der Waals surface area (Å²) >= 11 is 5.65. The average molecular weight is 237 g/mol. The van der Waals surface area contributed by atoms with Crippen molar-refractivity contribution in [3.8, 4) is 0 Å². The van der Waals surface area contributed by atoms with Gasteiger partial charge in [-0.25, -0.2) is 9.37 Å². The summed E-state index contributed by atoms with van der Waals surface area (Å²) in [6, 6.07) is 10.7. The number of anilines is 2. The molecule has 2 nitrogen and oxygen atoms in total. The van der Waals surface area contributed by atoms with Crippen molar-refractivity contribution < 1.29 is 4.39 Å². The predicted molar refractivity (Wildman–Crippen MR) is 63.7 cm³/mol. The van der Waals surface area contributed by atoms with Gasteiger partial charge in [-0.2, -0.15) is 0 Å². The topological polar surface area (TPSA) is 16.1 Å². The molecule has 0 radical (unpaired) electrons. The third-order valence-corrected chi connectivity index (χ3v) is 2.46. The Morgan fingerprint density at radius 2 is 1.94 bits per heavy atom. The molecule has 0 amide bonds.